The number of hydrogen-bond donors (Lipinski definition) is 0. The number of aryl methyl sites for hydroxylation is 2. The van der Waals surface area contributed by atoms with Gasteiger partial charge in [0, 0.05) is 31.5 Å². The second-order valence-electron chi connectivity index (χ2n) is 8.91. The normalized spacial score (nSPS) is 13.1. The maximum atomic E-state index is 12.7. The van der Waals surface area contributed by atoms with Crippen LogP contribution in [0.25, 0.3) is 11.6 Å². The van der Waals surface area contributed by atoms with Gasteiger partial charge in [0.1, 0.15) is 0 Å². The molecule has 0 saturated carbocycles. The number of aromatic nitrogens is 1. The standard InChI is InChI=1S/C29H27F3N2O/c1-34(2)28(35)22-13-11-21(12-14-22)23-6-4-7-24-18-27(33-19-25(24)17-23)8-3-5-20-9-15-26(16-10-20)29(30,31)32/h4,6,9-19H,3,5,7-8H2,1-2H3. The van der Waals surface area contributed by atoms with E-state index in [-0.39, 0.29) is 5.91 Å². The maximum absolute atomic E-state index is 12.7. The van der Waals surface area contributed by atoms with Crippen molar-refractivity contribution >= 4 is 17.6 Å². The molecular weight excluding hydrogens is 449 g/mol. The fourth-order valence-electron chi connectivity index (χ4n) is 4.11. The summed E-state index contributed by atoms with van der Waals surface area (Å²) in [5.41, 5.74) is 6.25. The Hall–Kier alpha value is -3.67. The number of alkyl halides is 3. The van der Waals surface area contributed by atoms with Gasteiger partial charge >= 0.3 is 6.18 Å². The molecule has 2 aromatic carbocycles. The Morgan fingerprint density at radius 3 is 2.37 bits per heavy atom. The van der Waals surface area contributed by atoms with Gasteiger partial charge in [-0.3, -0.25) is 9.78 Å². The van der Waals surface area contributed by atoms with E-state index in [1.807, 2.05) is 30.5 Å². The predicted octanol–water partition coefficient (Wildman–Crippen LogP) is 6.63. The highest BCUT2D eigenvalue weighted by Crippen LogP contribution is 2.29. The lowest BCUT2D eigenvalue weighted by atomic mass is 10.0. The van der Waals surface area contributed by atoms with Crippen LogP contribution in [0.5, 0.6) is 0 Å². The number of carbonyl (C=O) groups is 1. The SMILES string of the molecule is CN(C)C(=O)c1ccc(C2=Cc3cnc(CCCc4ccc(C(F)(F)F)cc4)cc3CC=C2)cc1. The van der Waals surface area contributed by atoms with E-state index < -0.39 is 11.7 Å². The molecule has 1 heterocycles. The van der Waals surface area contributed by atoms with Crippen LogP contribution in [0.4, 0.5) is 13.2 Å². The molecule has 0 bridgehead atoms. The summed E-state index contributed by atoms with van der Waals surface area (Å²) >= 11 is 0. The number of rotatable bonds is 6. The van der Waals surface area contributed by atoms with Gasteiger partial charge in [0.25, 0.3) is 5.91 Å². The van der Waals surface area contributed by atoms with Crippen LogP contribution >= 0.6 is 0 Å². The minimum Gasteiger partial charge on any atom is -0.345 e. The summed E-state index contributed by atoms with van der Waals surface area (Å²) in [6.07, 6.45) is 6.98. The van der Waals surface area contributed by atoms with Gasteiger partial charge in [-0.25, -0.2) is 0 Å². The quantitative estimate of drug-likeness (QED) is 0.400. The number of amides is 1. The number of nitrogens with zero attached hydrogens (tertiary/aromatic N) is 2. The third kappa shape index (κ3) is 6.07. The van der Waals surface area contributed by atoms with Crippen molar-refractivity contribution in [1.29, 1.82) is 0 Å². The summed E-state index contributed by atoms with van der Waals surface area (Å²) in [4.78, 5) is 18.3. The Labute approximate surface area is 203 Å². The summed E-state index contributed by atoms with van der Waals surface area (Å²) in [5.74, 6) is -0.0256. The molecule has 0 unspecified atom stereocenters. The topological polar surface area (TPSA) is 33.2 Å². The maximum Gasteiger partial charge on any atom is 0.416 e. The molecule has 6 heteroatoms. The lowest BCUT2D eigenvalue weighted by Gasteiger charge is -2.11. The molecule has 180 valence electrons. The van der Waals surface area contributed by atoms with Crippen LogP contribution in [-0.4, -0.2) is 29.9 Å². The van der Waals surface area contributed by atoms with Crippen LogP contribution in [0.2, 0.25) is 0 Å². The van der Waals surface area contributed by atoms with Gasteiger partial charge < -0.3 is 4.90 Å². The van der Waals surface area contributed by atoms with Gasteiger partial charge in [-0.15, -0.1) is 0 Å². The number of halogens is 3. The molecule has 0 N–H and O–H groups in total. The first-order chi connectivity index (χ1) is 16.7. The van der Waals surface area contributed by atoms with Crippen molar-refractivity contribution in [3.63, 3.8) is 0 Å². The van der Waals surface area contributed by atoms with Crippen LogP contribution in [0.3, 0.4) is 0 Å². The molecule has 3 aromatic rings. The zero-order valence-corrected chi connectivity index (χ0v) is 19.8. The molecule has 0 spiro atoms. The minimum atomic E-state index is -4.30. The number of hydrogen-bond acceptors (Lipinski definition) is 2. The van der Waals surface area contributed by atoms with Gasteiger partial charge in [-0.1, -0.05) is 36.4 Å². The van der Waals surface area contributed by atoms with Crippen molar-refractivity contribution in [3.8, 4) is 0 Å². The number of carbonyl (C=O) groups excluding carboxylic acids is 1. The van der Waals surface area contributed by atoms with Gasteiger partial charge in [-0.2, -0.15) is 13.2 Å². The molecule has 3 nitrogen and oxygen atoms in total. The smallest absolute Gasteiger partial charge is 0.345 e. The predicted molar refractivity (Wildman–Crippen MR) is 133 cm³/mol. The van der Waals surface area contributed by atoms with Crippen LogP contribution < -0.4 is 0 Å². The largest absolute Gasteiger partial charge is 0.416 e. The van der Waals surface area contributed by atoms with Crippen LogP contribution in [-0.2, 0) is 25.4 Å². The molecule has 1 amide bonds. The van der Waals surface area contributed by atoms with E-state index in [2.05, 4.69) is 29.3 Å². The van der Waals surface area contributed by atoms with E-state index in [0.29, 0.717) is 12.0 Å². The summed E-state index contributed by atoms with van der Waals surface area (Å²) in [6.45, 7) is 0. The van der Waals surface area contributed by atoms with E-state index in [1.54, 1.807) is 31.1 Å². The third-order valence-electron chi connectivity index (χ3n) is 6.08. The zero-order chi connectivity index (χ0) is 25.0. The highest BCUT2D eigenvalue weighted by atomic mass is 19.4. The second-order valence-corrected chi connectivity index (χ2v) is 8.91. The first-order valence-electron chi connectivity index (χ1n) is 11.5. The summed E-state index contributed by atoms with van der Waals surface area (Å²) < 4.78 is 38.2. The average molecular weight is 477 g/mol. The third-order valence-corrected chi connectivity index (χ3v) is 6.08. The Kier molecular flexibility index (Phi) is 7.20. The monoisotopic (exact) mass is 476 g/mol. The van der Waals surface area contributed by atoms with Gasteiger partial charge in [0.2, 0.25) is 0 Å². The van der Waals surface area contributed by atoms with Crippen molar-refractivity contribution < 1.29 is 18.0 Å². The van der Waals surface area contributed by atoms with Crippen LogP contribution in [0, 0.1) is 0 Å². The molecule has 0 saturated heterocycles. The molecular formula is C29H27F3N2O. The Balaban J connectivity index is 1.41. The molecule has 4 rings (SSSR count). The molecule has 0 aliphatic heterocycles. The van der Waals surface area contributed by atoms with E-state index in [9.17, 15) is 18.0 Å². The van der Waals surface area contributed by atoms with Crippen molar-refractivity contribution in [2.75, 3.05) is 14.1 Å². The molecule has 0 atom stereocenters. The Morgan fingerprint density at radius 1 is 1.00 bits per heavy atom. The van der Waals surface area contributed by atoms with Gasteiger partial charge in [0.05, 0.1) is 5.56 Å². The average Bonchev–Trinajstić information content (AvgIpc) is 3.05. The number of allylic oxidation sites excluding steroid dienone is 3. The lowest BCUT2D eigenvalue weighted by Crippen LogP contribution is -2.21. The first kappa shape index (κ1) is 24.5. The summed E-state index contributed by atoms with van der Waals surface area (Å²) in [7, 11) is 3.47. The van der Waals surface area contributed by atoms with Gasteiger partial charge in [0.15, 0.2) is 0 Å². The van der Waals surface area contributed by atoms with Gasteiger partial charge in [-0.05, 0) is 89.9 Å². The minimum absolute atomic E-state index is 0.0256. The van der Waals surface area contributed by atoms with Crippen molar-refractivity contribution in [2.45, 2.75) is 31.9 Å². The number of pyridine rings is 1. The van der Waals surface area contributed by atoms with Crippen molar-refractivity contribution in [1.82, 2.24) is 9.88 Å². The van der Waals surface area contributed by atoms with Crippen LogP contribution in [0.15, 0.2) is 72.9 Å². The van der Waals surface area contributed by atoms with E-state index in [1.165, 1.54) is 5.56 Å². The summed E-state index contributed by atoms with van der Waals surface area (Å²) in [6, 6.07) is 15.1. The molecule has 0 fully saturated rings. The molecule has 1 aliphatic carbocycles. The molecule has 35 heavy (non-hydrogen) atoms. The van der Waals surface area contributed by atoms with Crippen molar-refractivity contribution in [3.05, 3.63) is 112 Å². The fourth-order valence-corrected chi connectivity index (χ4v) is 4.11. The molecule has 1 aromatic heterocycles. The lowest BCUT2D eigenvalue weighted by molar-refractivity contribution is -0.137. The highest BCUT2D eigenvalue weighted by molar-refractivity contribution is 5.95. The molecule has 1 aliphatic rings. The number of fused-ring (bicyclic) bond motifs is 1. The Bertz CT molecular complexity index is 1250. The second kappa shape index (κ2) is 10.3. The zero-order valence-electron chi connectivity index (χ0n) is 19.8. The van der Waals surface area contributed by atoms with E-state index in [0.717, 1.165) is 59.4 Å². The first-order valence-corrected chi connectivity index (χ1v) is 11.5. The van der Waals surface area contributed by atoms with E-state index in [4.69, 9.17) is 0 Å². The number of benzene rings is 2. The Morgan fingerprint density at radius 2 is 1.71 bits per heavy atom. The highest BCUT2D eigenvalue weighted by Gasteiger charge is 2.29. The fraction of sp³-hybridized carbons (Fsp3) is 0.241. The van der Waals surface area contributed by atoms with Crippen molar-refractivity contribution in [2.24, 2.45) is 0 Å². The summed E-state index contributed by atoms with van der Waals surface area (Å²) in [5, 5.41) is 0. The molecule has 0 radical (unpaired) electrons. The van der Waals surface area contributed by atoms with E-state index >= 15 is 0 Å². The van der Waals surface area contributed by atoms with Crippen LogP contribution in [0.1, 0.15) is 50.3 Å².